The van der Waals surface area contributed by atoms with Gasteiger partial charge in [-0.15, -0.1) is 0 Å². The molecule has 3 N–H and O–H groups in total. The maximum atomic E-state index is 12.7. The van der Waals surface area contributed by atoms with Gasteiger partial charge in [0.05, 0.1) is 21.7 Å². The van der Waals surface area contributed by atoms with Crippen molar-refractivity contribution in [3.05, 3.63) is 108 Å². The molecule has 0 radical (unpaired) electrons. The molecule has 1 heterocycles. The third kappa shape index (κ3) is 4.69. The van der Waals surface area contributed by atoms with E-state index in [1.807, 2.05) is 78.9 Å². The lowest BCUT2D eigenvalue weighted by atomic mass is 10.0. The molecule has 5 rings (SSSR count). The van der Waals surface area contributed by atoms with E-state index < -0.39 is 0 Å². The van der Waals surface area contributed by atoms with Crippen LogP contribution in [-0.2, 0) is 0 Å². The van der Waals surface area contributed by atoms with E-state index in [1.54, 1.807) is 18.2 Å². The van der Waals surface area contributed by atoms with Crippen LogP contribution in [0.15, 0.2) is 97.1 Å². The summed E-state index contributed by atoms with van der Waals surface area (Å²) in [5.74, 6) is 0.413. The lowest BCUT2D eigenvalue weighted by Crippen LogP contribution is -2.34. The molecule has 5 aromatic rings. The normalized spacial score (nSPS) is 10.7. The van der Waals surface area contributed by atoms with E-state index in [2.05, 4.69) is 20.6 Å². The fourth-order valence-electron chi connectivity index (χ4n) is 3.63. The molecule has 0 unspecified atom stereocenters. The molecule has 7 heteroatoms. The quantitative estimate of drug-likeness (QED) is 0.250. The number of fused-ring (bicyclic) bond motifs is 1. The monoisotopic (exact) mass is 482 g/mol. The second-order valence-electron chi connectivity index (χ2n) is 7.65. The van der Waals surface area contributed by atoms with Crippen molar-refractivity contribution < 1.29 is 4.79 Å². The number of thiocarbonyl (C=S) groups is 1. The second kappa shape index (κ2) is 9.47. The number of aromatic amines is 1. The van der Waals surface area contributed by atoms with Crippen molar-refractivity contribution in [3.63, 3.8) is 0 Å². The number of amides is 1. The highest BCUT2D eigenvalue weighted by atomic mass is 35.5. The van der Waals surface area contributed by atoms with Gasteiger partial charge in [0, 0.05) is 11.1 Å². The third-order valence-electron chi connectivity index (χ3n) is 5.36. The second-order valence-corrected chi connectivity index (χ2v) is 8.46. The molecule has 5 nitrogen and oxygen atoms in total. The van der Waals surface area contributed by atoms with Gasteiger partial charge in [-0.05, 0) is 65.8 Å². The van der Waals surface area contributed by atoms with E-state index in [9.17, 15) is 4.79 Å². The Hall–Kier alpha value is -4.00. The molecule has 0 aliphatic heterocycles. The first-order valence-corrected chi connectivity index (χ1v) is 11.4. The zero-order valence-corrected chi connectivity index (χ0v) is 19.5. The SMILES string of the molecule is O=C(NC(=S)Nc1cc(-c2nc3ccccc3[nH]2)ccc1Cl)c1ccc(-c2ccccc2)cc1. The number of carbonyl (C=O) groups excluding carboxylic acids is 1. The summed E-state index contributed by atoms with van der Waals surface area (Å²) in [6.45, 7) is 0. The van der Waals surface area contributed by atoms with Crippen LogP contribution in [0.2, 0.25) is 5.02 Å². The Kier molecular flexibility index (Phi) is 6.08. The van der Waals surface area contributed by atoms with Gasteiger partial charge in [-0.1, -0.05) is 66.2 Å². The van der Waals surface area contributed by atoms with Crippen LogP contribution in [0.4, 0.5) is 5.69 Å². The smallest absolute Gasteiger partial charge is 0.257 e. The van der Waals surface area contributed by atoms with Crippen LogP contribution in [0.5, 0.6) is 0 Å². The highest BCUT2D eigenvalue weighted by Crippen LogP contribution is 2.29. The Balaban J connectivity index is 1.28. The van der Waals surface area contributed by atoms with Gasteiger partial charge in [0.15, 0.2) is 5.11 Å². The number of hydrogen-bond acceptors (Lipinski definition) is 3. The minimum atomic E-state index is -0.304. The van der Waals surface area contributed by atoms with Crippen LogP contribution in [0.3, 0.4) is 0 Å². The van der Waals surface area contributed by atoms with Gasteiger partial charge in [0.25, 0.3) is 5.91 Å². The minimum Gasteiger partial charge on any atom is -0.338 e. The number of halogens is 1. The number of H-pyrrole nitrogens is 1. The van der Waals surface area contributed by atoms with Crippen molar-refractivity contribution in [2.75, 3.05) is 5.32 Å². The first-order valence-electron chi connectivity index (χ1n) is 10.6. The Labute approximate surface area is 206 Å². The minimum absolute atomic E-state index is 0.154. The highest BCUT2D eigenvalue weighted by Gasteiger charge is 2.12. The summed E-state index contributed by atoms with van der Waals surface area (Å²) < 4.78 is 0. The number of anilines is 1. The lowest BCUT2D eigenvalue weighted by Gasteiger charge is -2.12. The fourth-order valence-corrected chi connectivity index (χ4v) is 4.00. The van der Waals surface area contributed by atoms with Crippen molar-refractivity contribution in [3.8, 4) is 22.5 Å². The average Bonchev–Trinajstić information content (AvgIpc) is 3.30. The van der Waals surface area contributed by atoms with Gasteiger partial charge in [-0.25, -0.2) is 4.98 Å². The summed E-state index contributed by atoms with van der Waals surface area (Å²) in [4.78, 5) is 20.6. The molecule has 0 aliphatic rings. The molecule has 0 atom stereocenters. The Morgan fingerprint density at radius 3 is 2.26 bits per heavy atom. The van der Waals surface area contributed by atoms with Gasteiger partial charge in [-0.2, -0.15) is 0 Å². The number of para-hydroxylation sites is 2. The van der Waals surface area contributed by atoms with E-state index in [-0.39, 0.29) is 11.0 Å². The Morgan fingerprint density at radius 2 is 1.50 bits per heavy atom. The topological polar surface area (TPSA) is 69.8 Å². The third-order valence-corrected chi connectivity index (χ3v) is 5.89. The predicted molar refractivity (Wildman–Crippen MR) is 142 cm³/mol. The van der Waals surface area contributed by atoms with Crippen molar-refractivity contribution in [1.82, 2.24) is 15.3 Å². The summed E-state index contributed by atoms with van der Waals surface area (Å²) in [7, 11) is 0. The van der Waals surface area contributed by atoms with E-state index >= 15 is 0 Å². The summed E-state index contributed by atoms with van der Waals surface area (Å²) in [6, 6.07) is 30.6. The number of rotatable bonds is 4. The summed E-state index contributed by atoms with van der Waals surface area (Å²) in [6.07, 6.45) is 0. The molecular formula is C27H19ClN4OS. The molecule has 0 saturated heterocycles. The molecule has 1 amide bonds. The molecule has 34 heavy (non-hydrogen) atoms. The maximum absolute atomic E-state index is 12.7. The maximum Gasteiger partial charge on any atom is 0.257 e. The van der Waals surface area contributed by atoms with Crippen molar-refractivity contribution in [2.24, 2.45) is 0 Å². The number of imidazole rings is 1. The number of aromatic nitrogens is 2. The average molecular weight is 483 g/mol. The molecule has 1 aromatic heterocycles. The van der Waals surface area contributed by atoms with E-state index in [4.69, 9.17) is 23.8 Å². The van der Waals surface area contributed by atoms with Gasteiger partial charge >= 0.3 is 0 Å². The van der Waals surface area contributed by atoms with Crippen LogP contribution >= 0.6 is 23.8 Å². The molecule has 4 aromatic carbocycles. The molecular weight excluding hydrogens is 464 g/mol. The van der Waals surface area contributed by atoms with Crippen LogP contribution in [0, 0.1) is 0 Å². The van der Waals surface area contributed by atoms with Gasteiger partial charge < -0.3 is 10.3 Å². The van der Waals surface area contributed by atoms with Crippen molar-refractivity contribution in [1.29, 1.82) is 0 Å². The van der Waals surface area contributed by atoms with Crippen LogP contribution in [0.25, 0.3) is 33.5 Å². The summed E-state index contributed by atoms with van der Waals surface area (Å²) >= 11 is 11.7. The first-order chi connectivity index (χ1) is 16.6. The fraction of sp³-hybridized carbons (Fsp3) is 0. The molecule has 0 fully saturated rings. The van der Waals surface area contributed by atoms with Crippen LogP contribution in [0.1, 0.15) is 10.4 Å². The van der Waals surface area contributed by atoms with Gasteiger partial charge in [0.2, 0.25) is 0 Å². The number of carbonyl (C=O) groups is 1. The Morgan fingerprint density at radius 1 is 0.824 bits per heavy atom. The van der Waals surface area contributed by atoms with Gasteiger partial charge in [0.1, 0.15) is 5.82 Å². The molecule has 166 valence electrons. The van der Waals surface area contributed by atoms with Crippen LogP contribution < -0.4 is 10.6 Å². The Bertz CT molecular complexity index is 1460. The number of nitrogens with zero attached hydrogens (tertiary/aromatic N) is 1. The van der Waals surface area contributed by atoms with Crippen LogP contribution in [-0.4, -0.2) is 21.0 Å². The standard InChI is InChI=1S/C27H19ClN4OS/c28-21-15-14-20(25-29-22-8-4-5-9-23(22)30-25)16-24(21)31-27(34)32-26(33)19-12-10-18(11-13-19)17-6-2-1-3-7-17/h1-16H,(H,29,30)(H2,31,32,33,34). The zero-order valence-electron chi connectivity index (χ0n) is 17.9. The molecule has 0 aliphatic carbocycles. The number of hydrogen-bond donors (Lipinski definition) is 3. The summed E-state index contributed by atoms with van der Waals surface area (Å²) in [5.41, 5.74) is 5.87. The van der Waals surface area contributed by atoms with E-state index in [0.29, 0.717) is 16.3 Å². The lowest BCUT2D eigenvalue weighted by molar-refractivity contribution is 0.0978. The van der Waals surface area contributed by atoms with Crippen molar-refractivity contribution >= 4 is 51.6 Å². The first kappa shape index (κ1) is 21.8. The number of nitrogens with one attached hydrogen (secondary N) is 3. The molecule has 0 spiro atoms. The van der Waals surface area contributed by atoms with E-state index in [0.717, 1.165) is 33.5 Å². The predicted octanol–water partition coefficient (Wildman–Crippen LogP) is 6.68. The van der Waals surface area contributed by atoms with Crippen molar-refractivity contribution in [2.45, 2.75) is 0 Å². The van der Waals surface area contributed by atoms with E-state index in [1.165, 1.54) is 0 Å². The molecule has 0 bridgehead atoms. The number of benzene rings is 4. The zero-order chi connectivity index (χ0) is 23.5. The summed E-state index contributed by atoms with van der Waals surface area (Å²) in [5, 5.41) is 6.36. The largest absolute Gasteiger partial charge is 0.338 e. The van der Waals surface area contributed by atoms with Gasteiger partial charge in [-0.3, -0.25) is 10.1 Å². The molecule has 0 saturated carbocycles. The highest BCUT2D eigenvalue weighted by molar-refractivity contribution is 7.80.